The van der Waals surface area contributed by atoms with E-state index in [4.69, 9.17) is 6.42 Å². The molecule has 0 aliphatic carbocycles. The standard InChI is InChI=1S/C19H22N4O2/c1-2-3-10-19(22-23-19)12-13-20-17(25)18(11-9-16(24)21-14-18)15-7-5-4-6-8-15/h1,4-8H,3,9-14H2,(H,20,25)(H,21,24). The first-order valence-corrected chi connectivity index (χ1v) is 8.58. The summed E-state index contributed by atoms with van der Waals surface area (Å²) in [4.78, 5) is 24.6. The third-order valence-electron chi connectivity index (χ3n) is 4.99. The van der Waals surface area contributed by atoms with Crippen LogP contribution in [0.2, 0.25) is 0 Å². The Morgan fingerprint density at radius 1 is 1.28 bits per heavy atom. The molecule has 0 aromatic heterocycles. The molecule has 0 radical (unpaired) electrons. The van der Waals surface area contributed by atoms with Crippen molar-refractivity contribution < 1.29 is 9.59 Å². The number of piperidine rings is 1. The van der Waals surface area contributed by atoms with Crippen molar-refractivity contribution >= 4 is 11.8 Å². The molecule has 1 aromatic carbocycles. The highest BCUT2D eigenvalue weighted by Gasteiger charge is 2.44. The molecule has 0 saturated carbocycles. The third-order valence-corrected chi connectivity index (χ3v) is 4.99. The van der Waals surface area contributed by atoms with Gasteiger partial charge in [-0.05, 0) is 12.0 Å². The molecule has 2 amide bonds. The smallest absolute Gasteiger partial charge is 0.232 e. The van der Waals surface area contributed by atoms with Gasteiger partial charge in [0.15, 0.2) is 5.66 Å². The number of hydrogen-bond acceptors (Lipinski definition) is 4. The van der Waals surface area contributed by atoms with Gasteiger partial charge in [-0.25, -0.2) is 0 Å². The van der Waals surface area contributed by atoms with E-state index in [9.17, 15) is 9.59 Å². The lowest BCUT2D eigenvalue weighted by atomic mass is 9.73. The van der Waals surface area contributed by atoms with E-state index in [1.165, 1.54) is 0 Å². The summed E-state index contributed by atoms with van der Waals surface area (Å²) in [5, 5.41) is 14.0. The van der Waals surface area contributed by atoms with E-state index < -0.39 is 11.1 Å². The Bertz CT molecular complexity index is 705. The van der Waals surface area contributed by atoms with Gasteiger partial charge in [-0.3, -0.25) is 9.59 Å². The average Bonchev–Trinajstić information content (AvgIpc) is 3.41. The third kappa shape index (κ3) is 3.71. The second-order valence-corrected chi connectivity index (χ2v) is 6.62. The Hall–Kier alpha value is -2.68. The van der Waals surface area contributed by atoms with Gasteiger partial charge in [0, 0.05) is 38.8 Å². The summed E-state index contributed by atoms with van der Waals surface area (Å²) < 4.78 is 0. The van der Waals surface area contributed by atoms with E-state index in [-0.39, 0.29) is 11.8 Å². The monoisotopic (exact) mass is 338 g/mol. The zero-order valence-electron chi connectivity index (χ0n) is 14.1. The van der Waals surface area contributed by atoms with Crippen LogP contribution in [0, 0.1) is 12.3 Å². The fraction of sp³-hybridized carbons (Fsp3) is 0.474. The minimum absolute atomic E-state index is 0.0109. The molecule has 1 unspecified atom stereocenters. The summed E-state index contributed by atoms with van der Waals surface area (Å²) >= 11 is 0. The van der Waals surface area contributed by atoms with Crippen LogP contribution in [0.25, 0.3) is 0 Å². The zero-order chi connectivity index (χ0) is 17.8. The van der Waals surface area contributed by atoms with Gasteiger partial charge in [0.05, 0.1) is 5.41 Å². The van der Waals surface area contributed by atoms with Crippen molar-refractivity contribution in [3.05, 3.63) is 35.9 Å². The van der Waals surface area contributed by atoms with E-state index >= 15 is 0 Å². The summed E-state index contributed by atoms with van der Waals surface area (Å²) in [5.74, 6) is 2.52. The zero-order valence-corrected chi connectivity index (χ0v) is 14.1. The fourth-order valence-electron chi connectivity index (χ4n) is 3.30. The number of hydrogen-bond donors (Lipinski definition) is 2. The van der Waals surface area contributed by atoms with Crippen LogP contribution in [0.5, 0.6) is 0 Å². The molecule has 1 saturated heterocycles. The van der Waals surface area contributed by atoms with Gasteiger partial charge in [-0.2, -0.15) is 10.2 Å². The van der Waals surface area contributed by atoms with E-state index in [0.717, 1.165) is 12.0 Å². The van der Waals surface area contributed by atoms with Crippen LogP contribution in [0.4, 0.5) is 0 Å². The molecule has 1 atom stereocenters. The first-order valence-electron chi connectivity index (χ1n) is 8.58. The summed E-state index contributed by atoms with van der Waals surface area (Å²) in [6, 6.07) is 9.63. The van der Waals surface area contributed by atoms with Crippen LogP contribution in [0.1, 0.15) is 37.7 Å². The second-order valence-electron chi connectivity index (χ2n) is 6.62. The molecule has 0 spiro atoms. The van der Waals surface area contributed by atoms with Crippen molar-refractivity contribution in [2.75, 3.05) is 13.1 Å². The molecule has 6 nitrogen and oxygen atoms in total. The molecule has 1 aromatic rings. The quantitative estimate of drug-likeness (QED) is 0.745. The predicted octanol–water partition coefficient (Wildman–Crippen LogP) is 1.92. The minimum atomic E-state index is -0.723. The van der Waals surface area contributed by atoms with Gasteiger partial charge < -0.3 is 10.6 Å². The Morgan fingerprint density at radius 3 is 2.64 bits per heavy atom. The van der Waals surface area contributed by atoms with Crippen molar-refractivity contribution in [2.24, 2.45) is 10.2 Å². The summed E-state index contributed by atoms with van der Waals surface area (Å²) in [6.07, 6.45) is 8.14. The number of terminal acetylenes is 1. The highest BCUT2D eigenvalue weighted by Crippen LogP contribution is 2.36. The van der Waals surface area contributed by atoms with Crippen molar-refractivity contribution in [3.63, 3.8) is 0 Å². The molecule has 0 bridgehead atoms. The predicted molar refractivity (Wildman–Crippen MR) is 93.6 cm³/mol. The largest absolute Gasteiger partial charge is 0.355 e. The van der Waals surface area contributed by atoms with Gasteiger partial charge in [-0.15, -0.1) is 12.3 Å². The number of benzene rings is 1. The van der Waals surface area contributed by atoms with E-state index in [1.54, 1.807) is 0 Å². The molecule has 6 heteroatoms. The highest BCUT2D eigenvalue weighted by atomic mass is 16.2. The lowest BCUT2D eigenvalue weighted by Crippen LogP contribution is -2.55. The normalized spacial score (nSPS) is 23.4. The van der Waals surface area contributed by atoms with Crippen LogP contribution < -0.4 is 10.6 Å². The van der Waals surface area contributed by atoms with Crippen molar-refractivity contribution in [1.29, 1.82) is 0 Å². The molecule has 3 rings (SSSR count). The number of carbonyl (C=O) groups excluding carboxylic acids is 2. The number of nitrogens with one attached hydrogen (secondary N) is 2. The minimum Gasteiger partial charge on any atom is -0.355 e. The fourth-order valence-corrected chi connectivity index (χ4v) is 3.30. The van der Waals surface area contributed by atoms with Crippen LogP contribution in [0.3, 0.4) is 0 Å². The van der Waals surface area contributed by atoms with E-state index in [2.05, 4.69) is 26.8 Å². The van der Waals surface area contributed by atoms with Crippen molar-refractivity contribution in [1.82, 2.24) is 10.6 Å². The molecular weight excluding hydrogens is 316 g/mol. The first kappa shape index (κ1) is 17.2. The molecular formula is C19H22N4O2. The summed E-state index contributed by atoms with van der Waals surface area (Å²) in [5.41, 5.74) is -0.199. The number of amides is 2. The van der Waals surface area contributed by atoms with Gasteiger partial charge >= 0.3 is 0 Å². The molecule has 1 fully saturated rings. The molecule has 25 heavy (non-hydrogen) atoms. The lowest BCUT2D eigenvalue weighted by molar-refractivity contribution is -0.131. The maximum absolute atomic E-state index is 13.0. The molecule has 2 aliphatic heterocycles. The SMILES string of the molecule is C#CCCC1(CCNC(=O)C2(c3ccccc3)CCC(=O)NC2)N=N1. The van der Waals surface area contributed by atoms with Gasteiger partial charge in [-0.1, -0.05) is 30.3 Å². The van der Waals surface area contributed by atoms with Crippen LogP contribution in [0.15, 0.2) is 40.6 Å². The first-order chi connectivity index (χ1) is 12.1. The number of rotatable bonds is 7. The molecule has 2 heterocycles. The Balaban J connectivity index is 1.64. The van der Waals surface area contributed by atoms with Crippen LogP contribution in [-0.4, -0.2) is 30.6 Å². The maximum Gasteiger partial charge on any atom is 0.232 e. The second kappa shape index (κ2) is 7.06. The van der Waals surface area contributed by atoms with Crippen molar-refractivity contribution in [2.45, 2.75) is 43.2 Å². The van der Waals surface area contributed by atoms with Gasteiger partial charge in [0.1, 0.15) is 0 Å². The Labute approximate surface area is 147 Å². The highest BCUT2D eigenvalue weighted by molar-refractivity contribution is 5.91. The van der Waals surface area contributed by atoms with Crippen LogP contribution in [-0.2, 0) is 15.0 Å². The number of nitrogens with zero attached hydrogens (tertiary/aromatic N) is 2. The summed E-state index contributed by atoms with van der Waals surface area (Å²) in [7, 11) is 0. The van der Waals surface area contributed by atoms with Gasteiger partial charge in [0.25, 0.3) is 0 Å². The van der Waals surface area contributed by atoms with Gasteiger partial charge in [0.2, 0.25) is 11.8 Å². The number of carbonyl (C=O) groups is 2. The molecule has 2 N–H and O–H groups in total. The van der Waals surface area contributed by atoms with Crippen LogP contribution >= 0.6 is 0 Å². The Morgan fingerprint density at radius 2 is 2.04 bits per heavy atom. The Kier molecular flexibility index (Phi) is 4.84. The molecule has 2 aliphatic rings. The average molecular weight is 338 g/mol. The maximum atomic E-state index is 13.0. The molecule has 130 valence electrons. The lowest BCUT2D eigenvalue weighted by Gasteiger charge is -2.36. The van der Waals surface area contributed by atoms with Crippen molar-refractivity contribution in [3.8, 4) is 12.3 Å². The van der Waals surface area contributed by atoms with E-state index in [0.29, 0.717) is 38.8 Å². The summed E-state index contributed by atoms with van der Waals surface area (Å²) in [6.45, 7) is 0.803. The topological polar surface area (TPSA) is 82.9 Å². The van der Waals surface area contributed by atoms with E-state index in [1.807, 2.05) is 30.3 Å².